The third-order valence-electron chi connectivity index (χ3n) is 3.39. The van der Waals surface area contributed by atoms with Gasteiger partial charge in [0.1, 0.15) is 5.82 Å². The molecule has 4 heteroatoms. The van der Waals surface area contributed by atoms with Crippen LogP contribution < -0.4 is 5.32 Å². The lowest BCUT2D eigenvalue weighted by atomic mass is 9.97. The molecule has 0 aliphatic carbocycles. The third-order valence-corrected chi connectivity index (χ3v) is 4.13. The molecular formula is C17H18Cl2FN. The van der Waals surface area contributed by atoms with Crippen molar-refractivity contribution >= 4 is 23.2 Å². The SMILES string of the molecule is CCCNC(c1ccc(F)c(C)c1)c1ccc(Cl)c(Cl)c1. The highest BCUT2D eigenvalue weighted by molar-refractivity contribution is 6.42. The van der Waals surface area contributed by atoms with Crippen LogP contribution in [0.1, 0.15) is 36.1 Å². The highest BCUT2D eigenvalue weighted by Crippen LogP contribution is 2.29. The highest BCUT2D eigenvalue weighted by Gasteiger charge is 2.15. The number of rotatable bonds is 5. The average Bonchev–Trinajstić information content (AvgIpc) is 2.46. The van der Waals surface area contributed by atoms with Gasteiger partial charge in [0.25, 0.3) is 0 Å². The van der Waals surface area contributed by atoms with Crippen LogP contribution in [0.4, 0.5) is 4.39 Å². The fourth-order valence-electron chi connectivity index (χ4n) is 2.26. The van der Waals surface area contributed by atoms with Crippen LogP contribution in [0.15, 0.2) is 36.4 Å². The topological polar surface area (TPSA) is 12.0 Å². The summed E-state index contributed by atoms with van der Waals surface area (Å²) >= 11 is 12.1. The molecule has 21 heavy (non-hydrogen) atoms. The van der Waals surface area contributed by atoms with E-state index in [1.165, 1.54) is 6.07 Å². The predicted octanol–water partition coefficient (Wildman–Crippen LogP) is 5.53. The van der Waals surface area contributed by atoms with Gasteiger partial charge in [0.05, 0.1) is 16.1 Å². The number of hydrogen-bond donors (Lipinski definition) is 1. The van der Waals surface area contributed by atoms with E-state index >= 15 is 0 Å². The molecule has 0 radical (unpaired) electrons. The first-order valence-electron chi connectivity index (χ1n) is 6.97. The standard InChI is InChI=1S/C17H18Cl2FN/c1-3-8-21-17(12-5-7-16(20)11(2)9-12)13-4-6-14(18)15(19)10-13/h4-7,9-10,17,21H,3,8H2,1-2H3. The molecule has 1 N–H and O–H groups in total. The molecule has 0 fully saturated rings. The summed E-state index contributed by atoms with van der Waals surface area (Å²) in [5.74, 6) is -0.192. The van der Waals surface area contributed by atoms with Crippen LogP contribution in [-0.4, -0.2) is 6.54 Å². The van der Waals surface area contributed by atoms with Crippen molar-refractivity contribution in [2.24, 2.45) is 0 Å². The van der Waals surface area contributed by atoms with E-state index in [0.717, 1.165) is 24.1 Å². The van der Waals surface area contributed by atoms with E-state index in [1.54, 1.807) is 19.1 Å². The molecular weight excluding hydrogens is 308 g/mol. The molecule has 0 spiro atoms. The minimum atomic E-state index is -0.192. The van der Waals surface area contributed by atoms with Gasteiger partial charge >= 0.3 is 0 Å². The molecule has 1 atom stereocenters. The van der Waals surface area contributed by atoms with Crippen LogP contribution in [0.2, 0.25) is 10.0 Å². The molecule has 2 rings (SSSR count). The van der Waals surface area contributed by atoms with E-state index in [1.807, 2.05) is 18.2 Å². The van der Waals surface area contributed by atoms with Crippen molar-refractivity contribution in [2.75, 3.05) is 6.54 Å². The van der Waals surface area contributed by atoms with Gasteiger partial charge in [0, 0.05) is 0 Å². The zero-order valence-electron chi connectivity index (χ0n) is 12.1. The second-order valence-corrected chi connectivity index (χ2v) is 5.88. The van der Waals surface area contributed by atoms with E-state index in [2.05, 4.69) is 12.2 Å². The summed E-state index contributed by atoms with van der Waals surface area (Å²) in [5, 5.41) is 4.53. The highest BCUT2D eigenvalue weighted by atomic mass is 35.5. The fraction of sp³-hybridized carbons (Fsp3) is 0.294. The van der Waals surface area contributed by atoms with Gasteiger partial charge in [-0.2, -0.15) is 0 Å². The van der Waals surface area contributed by atoms with Crippen molar-refractivity contribution in [3.05, 3.63) is 69.0 Å². The van der Waals surface area contributed by atoms with Crippen LogP contribution in [0, 0.1) is 12.7 Å². The molecule has 0 amide bonds. The molecule has 0 aliphatic heterocycles. The predicted molar refractivity (Wildman–Crippen MR) is 87.7 cm³/mol. The number of nitrogens with one attached hydrogen (secondary N) is 1. The van der Waals surface area contributed by atoms with Gasteiger partial charge in [0.2, 0.25) is 0 Å². The summed E-state index contributed by atoms with van der Waals surface area (Å²) in [6, 6.07) is 10.7. The summed E-state index contributed by atoms with van der Waals surface area (Å²) < 4.78 is 13.5. The maximum absolute atomic E-state index is 13.5. The lowest BCUT2D eigenvalue weighted by molar-refractivity contribution is 0.590. The summed E-state index contributed by atoms with van der Waals surface area (Å²) in [5.41, 5.74) is 2.67. The van der Waals surface area contributed by atoms with Crippen LogP contribution >= 0.6 is 23.2 Å². The average molecular weight is 326 g/mol. The molecule has 0 saturated carbocycles. The van der Waals surface area contributed by atoms with E-state index in [0.29, 0.717) is 15.6 Å². The number of halogens is 3. The monoisotopic (exact) mass is 325 g/mol. The van der Waals surface area contributed by atoms with Crippen molar-refractivity contribution < 1.29 is 4.39 Å². The molecule has 0 aromatic heterocycles. The molecule has 2 aromatic carbocycles. The van der Waals surface area contributed by atoms with Crippen molar-refractivity contribution in [1.82, 2.24) is 5.32 Å². The second-order valence-electron chi connectivity index (χ2n) is 5.07. The normalized spacial score (nSPS) is 12.4. The van der Waals surface area contributed by atoms with Crippen molar-refractivity contribution in [1.29, 1.82) is 0 Å². The summed E-state index contributed by atoms with van der Waals surface area (Å²) in [6.45, 7) is 4.74. The van der Waals surface area contributed by atoms with Gasteiger partial charge in [-0.1, -0.05) is 48.3 Å². The van der Waals surface area contributed by atoms with E-state index < -0.39 is 0 Å². The fourth-order valence-corrected chi connectivity index (χ4v) is 2.56. The molecule has 0 bridgehead atoms. The number of aryl methyl sites for hydroxylation is 1. The van der Waals surface area contributed by atoms with Gasteiger partial charge in [-0.15, -0.1) is 0 Å². The lowest BCUT2D eigenvalue weighted by Gasteiger charge is -2.20. The van der Waals surface area contributed by atoms with Crippen molar-refractivity contribution in [3.8, 4) is 0 Å². The van der Waals surface area contributed by atoms with Crippen molar-refractivity contribution in [2.45, 2.75) is 26.3 Å². The summed E-state index contributed by atoms with van der Waals surface area (Å²) in [6.07, 6.45) is 1.01. The Kier molecular flexibility index (Phi) is 5.63. The van der Waals surface area contributed by atoms with Crippen molar-refractivity contribution in [3.63, 3.8) is 0 Å². The zero-order valence-corrected chi connectivity index (χ0v) is 13.6. The smallest absolute Gasteiger partial charge is 0.126 e. The largest absolute Gasteiger partial charge is 0.306 e. The van der Waals surface area contributed by atoms with Crippen LogP contribution in [-0.2, 0) is 0 Å². The Morgan fingerprint density at radius 3 is 2.33 bits per heavy atom. The molecule has 1 nitrogen and oxygen atoms in total. The second kappa shape index (κ2) is 7.26. The van der Waals surface area contributed by atoms with Gasteiger partial charge in [-0.05, 0) is 54.8 Å². The number of benzene rings is 2. The van der Waals surface area contributed by atoms with Crippen LogP contribution in [0.3, 0.4) is 0 Å². The van der Waals surface area contributed by atoms with Crippen LogP contribution in [0.25, 0.3) is 0 Å². The zero-order chi connectivity index (χ0) is 15.4. The Balaban J connectivity index is 2.41. The van der Waals surface area contributed by atoms with Crippen LogP contribution in [0.5, 0.6) is 0 Å². The van der Waals surface area contributed by atoms with E-state index in [-0.39, 0.29) is 11.9 Å². The van der Waals surface area contributed by atoms with Gasteiger partial charge < -0.3 is 5.32 Å². The lowest BCUT2D eigenvalue weighted by Crippen LogP contribution is -2.23. The number of hydrogen-bond acceptors (Lipinski definition) is 1. The van der Waals surface area contributed by atoms with E-state index in [9.17, 15) is 4.39 Å². The molecule has 0 heterocycles. The first kappa shape index (κ1) is 16.3. The Morgan fingerprint density at radius 1 is 1.05 bits per heavy atom. The molecule has 112 valence electrons. The minimum absolute atomic E-state index is 0.0287. The molecule has 0 aliphatic rings. The van der Waals surface area contributed by atoms with Gasteiger partial charge in [-0.25, -0.2) is 4.39 Å². The van der Waals surface area contributed by atoms with Gasteiger partial charge in [0.15, 0.2) is 0 Å². The van der Waals surface area contributed by atoms with Gasteiger partial charge in [-0.3, -0.25) is 0 Å². The Labute approximate surface area is 135 Å². The first-order chi connectivity index (χ1) is 10.0. The molecule has 0 saturated heterocycles. The minimum Gasteiger partial charge on any atom is -0.306 e. The molecule has 1 unspecified atom stereocenters. The Bertz CT molecular complexity index is 577. The summed E-state index contributed by atoms with van der Waals surface area (Å²) in [4.78, 5) is 0. The van der Waals surface area contributed by atoms with E-state index in [4.69, 9.17) is 23.2 Å². The Morgan fingerprint density at radius 2 is 1.71 bits per heavy atom. The Hall–Kier alpha value is -1.09. The third kappa shape index (κ3) is 3.97. The first-order valence-corrected chi connectivity index (χ1v) is 7.73. The maximum Gasteiger partial charge on any atom is 0.126 e. The maximum atomic E-state index is 13.5. The summed E-state index contributed by atoms with van der Waals surface area (Å²) in [7, 11) is 0. The quantitative estimate of drug-likeness (QED) is 0.762. The molecule has 2 aromatic rings.